The smallest absolute Gasteiger partial charge is 0.256 e. The highest BCUT2D eigenvalue weighted by Crippen LogP contribution is 2.33. The number of nitrogens with zero attached hydrogens (tertiary/aromatic N) is 3. The van der Waals surface area contributed by atoms with Gasteiger partial charge in [-0.05, 0) is 41.8 Å². The quantitative estimate of drug-likeness (QED) is 0.727. The molecule has 0 N–H and O–H groups in total. The summed E-state index contributed by atoms with van der Waals surface area (Å²) in [4.78, 5) is 23.6. The van der Waals surface area contributed by atoms with E-state index in [9.17, 15) is 4.79 Å². The normalized spacial score (nSPS) is 13.4. The standard InChI is InChI=1S/C20H19N3O3/c1-25-17-10-13-6-9-23(12-14(13)11-18(17)26-2)20(24)15-4-3-5-16-19(15)22-8-7-21-16/h3-5,7-8,10-11H,6,9,12H2,1-2H3. The van der Waals surface area contributed by atoms with Crippen molar-refractivity contribution in [2.45, 2.75) is 13.0 Å². The zero-order valence-corrected chi connectivity index (χ0v) is 14.7. The number of para-hydroxylation sites is 1. The Morgan fingerprint density at radius 3 is 2.54 bits per heavy atom. The maximum atomic E-state index is 13.1. The number of rotatable bonds is 3. The van der Waals surface area contributed by atoms with Crippen molar-refractivity contribution in [3.8, 4) is 11.5 Å². The molecule has 6 heteroatoms. The Balaban J connectivity index is 1.67. The highest BCUT2D eigenvalue weighted by Gasteiger charge is 2.25. The van der Waals surface area contributed by atoms with Crippen LogP contribution in [0.4, 0.5) is 0 Å². The van der Waals surface area contributed by atoms with E-state index in [-0.39, 0.29) is 5.91 Å². The number of methoxy groups -OCH3 is 2. The molecular formula is C20H19N3O3. The molecule has 6 nitrogen and oxygen atoms in total. The fraction of sp³-hybridized carbons (Fsp3) is 0.250. The van der Waals surface area contributed by atoms with Crippen molar-refractivity contribution >= 4 is 16.9 Å². The van der Waals surface area contributed by atoms with E-state index in [0.717, 1.165) is 23.3 Å². The first-order chi connectivity index (χ1) is 12.7. The third kappa shape index (κ3) is 2.73. The molecule has 0 saturated carbocycles. The maximum Gasteiger partial charge on any atom is 0.256 e. The van der Waals surface area contributed by atoms with Gasteiger partial charge in [0.1, 0.15) is 5.52 Å². The monoisotopic (exact) mass is 349 g/mol. The predicted octanol–water partition coefficient (Wildman–Crippen LogP) is 2.85. The molecular weight excluding hydrogens is 330 g/mol. The molecule has 132 valence electrons. The lowest BCUT2D eigenvalue weighted by molar-refractivity contribution is 0.0736. The van der Waals surface area contributed by atoms with Crippen LogP contribution in [-0.2, 0) is 13.0 Å². The van der Waals surface area contributed by atoms with Crippen LogP contribution in [0.1, 0.15) is 21.5 Å². The summed E-state index contributed by atoms with van der Waals surface area (Å²) >= 11 is 0. The van der Waals surface area contributed by atoms with Gasteiger partial charge in [-0.2, -0.15) is 0 Å². The lowest BCUT2D eigenvalue weighted by atomic mass is 9.98. The Kier molecular flexibility index (Phi) is 4.16. The largest absolute Gasteiger partial charge is 0.493 e. The topological polar surface area (TPSA) is 64.6 Å². The molecule has 1 aliphatic heterocycles. The first kappa shape index (κ1) is 16.3. The Hall–Kier alpha value is -3.15. The van der Waals surface area contributed by atoms with Crippen LogP contribution in [0.3, 0.4) is 0 Å². The summed E-state index contributed by atoms with van der Waals surface area (Å²) in [5.74, 6) is 1.36. The van der Waals surface area contributed by atoms with Crippen molar-refractivity contribution in [2.24, 2.45) is 0 Å². The van der Waals surface area contributed by atoms with Gasteiger partial charge in [0.25, 0.3) is 5.91 Å². The number of amides is 1. The summed E-state index contributed by atoms with van der Waals surface area (Å²) in [6.45, 7) is 1.18. The van der Waals surface area contributed by atoms with Crippen LogP contribution < -0.4 is 9.47 Å². The number of benzene rings is 2. The third-order valence-electron chi connectivity index (χ3n) is 4.73. The lowest BCUT2D eigenvalue weighted by Gasteiger charge is -2.30. The molecule has 0 radical (unpaired) electrons. The van der Waals surface area contributed by atoms with Crippen molar-refractivity contribution in [1.29, 1.82) is 0 Å². The van der Waals surface area contributed by atoms with Crippen LogP contribution in [0.5, 0.6) is 11.5 Å². The van der Waals surface area contributed by atoms with E-state index >= 15 is 0 Å². The van der Waals surface area contributed by atoms with E-state index in [1.165, 1.54) is 5.56 Å². The van der Waals surface area contributed by atoms with Gasteiger partial charge in [0.15, 0.2) is 11.5 Å². The van der Waals surface area contributed by atoms with Gasteiger partial charge in [0, 0.05) is 25.5 Å². The summed E-state index contributed by atoms with van der Waals surface area (Å²) in [6, 6.07) is 9.47. The lowest BCUT2D eigenvalue weighted by Crippen LogP contribution is -2.36. The summed E-state index contributed by atoms with van der Waals surface area (Å²) in [7, 11) is 3.25. The van der Waals surface area contributed by atoms with Crippen LogP contribution in [-0.4, -0.2) is 41.5 Å². The fourth-order valence-corrected chi connectivity index (χ4v) is 3.39. The molecule has 1 aliphatic rings. The number of fused-ring (bicyclic) bond motifs is 2. The van der Waals surface area contributed by atoms with E-state index < -0.39 is 0 Å². The van der Waals surface area contributed by atoms with Gasteiger partial charge in [0.05, 0.1) is 25.3 Å². The zero-order valence-electron chi connectivity index (χ0n) is 14.7. The molecule has 4 rings (SSSR count). The number of ether oxygens (including phenoxy) is 2. The molecule has 2 heterocycles. The Morgan fingerprint density at radius 2 is 1.77 bits per heavy atom. The molecule has 0 aliphatic carbocycles. The summed E-state index contributed by atoms with van der Waals surface area (Å²) in [5, 5.41) is 0. The van der Waals surface area contributed by atoms with E-state index in [4.69, 9.17) is 9.47 Å². The highest BCUT2D eigenvalue weighted by atomic mass is 16.5. The molecule has 0 atom stereocenters. The molecule has 3 aromatic rings. The average molecular weight is 349 g/mol. The number of hydrogen-bond donors (Lipinski definition) is 0. The van der Waals surface area contributed by atoms with Crippen LogP contribution in [0, 0.1) is 0 Å². The van der Waals surface area contributed by atoms with Gasteiger partial charge in [-0.3, -0.25) is 14.8 Å². The number of aromatic nitrogens is 2. The van der Waals surface area contributed by atoms with E-state index in [1.54, 1.807) is 26.6 Å². The Morgan fingerprint density at radius 1 is 1.04 bits per heavy atom. The zero-order chi connectivity index (χ0) is 18.1. The van der Waals surface area contributed by atoms with Gasteiger partial charge in [-0.25, -0.2) is 0 Å². The molecule has 2 aromatic carbocycles. The highest BCUT2D eigenvalue weighted by molar-refractivity contribution is 6.04. The van der Waals surface area contributed by atoms with Crippen molar-refractivity contribution in [1.82, 2.24) is 14.9 Å². The van der Waals surface area contributed by atoms with Crippen LogP contribution in [0.15, 0.2) is 42.7 Å². The minimum Gasteiger partial charge on any atom is -0.493 e. The SMILES string of the molecule is COc1cc2c(cc1OC)CN(C(=O)c1cccc3nccnc13)CC2. The molecule has 1 aromatic heterocycles. The van der Waals surface area contributed by atoms with Crippen LogP contribution in [0.2, 0.25) is 0 Å². The number of carbonyl (C=O) groups is 1. The third-order valence-corrected chi connectivity index (χ3v) is 4.73. The molecule has 0 saturated heterocycles. The number of carbonyl (C=O) groups excluding carboxylic acids is 1. The molecule has 26 heavy (non-hydrogen) atoms. The molecule has 1 amide bonds. The van der Waals surface area contributed by atoms with Gasteiger partial charge >= 0.3 is 0 Å². The van der Waals surface area contributed by atoms with Crippen molar-refractivity contribution in [2.75, 3.05) is 20.8 Å². The number of hydrogen-bond acceptors (Lipinski definition) is 5. The average Bonchev–Trinajstić information content (AvgIpc) is 2.71. The molecule has 0 spiro atoms. The first-order valence-electron chi connectivity index (χ1n) is 8.44. The summed E-state index contributed by atoms with van der Waals surface area (Å²) in [6.07, 6.45) is 4.02. The summed E-state index contributed by atoms with van der Waals surface area (Å²) < 4.78 is 10.8. The first-order valence-corrected chi connectivity index (χ1v) is 8.44. The van der Waals surface area contributed by atoms with Gasteiger partial charge in [-0.15, -0.1) is 0 Å². The maximum absolute atomic E-state index is 13.1. The minimum atomic E-state index is -0.0310. The second kappa shape index (κ2) is 6.63. The van der Waals surface area contributed by atoms with Crippen LogP contribution in [0.25, 0.3) is 11.0 Å². The van der Waals surface area contributed by atoms with Crippen LogP contribution >= 0.6 is 0 Å². The molecule has 0 fully saturated rings. The Labute approximate surface area is 151 Å². The van der Waals surface area contributed by atoms with E-state index in [1.807, 2.05) is 35.2 Å². The van der Waals surface area contributed by atoms with Gasteiger partial charge < -0.3 is 14.4 Å². The van der Waals surface area contributed by atoms with Crippen molar-refractivity contribution < 1.29 is 14.3 Å². The Bertz CT molecular complexity index is 982. The predicted molar refractivity (Wildman–Crippen MR) is 97.5 cm³/mol. The van der Waals surface area contributed by atoms with Gasteiger partial charge in [-0.1, -0.05) is 6.07 Å². The second-order valence-corrected chi connectivity index (χ2v) is 6.18. The second-order valence-electron chi connectivity index (χ2n) is 6.18. The van der Waals surface area contributed by atoms with E-state index in [0.29, 0.717) is 29.9 Å². The molecule has 0 unspecified atom stereocenters. The van der Waals surface area contributed by atoms with Gasteiger partial charge in [0.2, 0.25) is 0 Å². The van der Waals surface area contributed by atoms with Crippen molar-refractivity contribution in [3.63, 3.8) is 0 Å². The summed E-state index contributed by atoms with van der Waals surface area (Å²) in [5.41, 5.74) is 4.21. The fourth-order valence-electron chi connectivity index (χ4n) is 3.39. The van der Waals surface area contributed by atoms with Crippen molar-refractivity contribution in [3.05, 3.63) is 59.4 Å². The minimum absolute atomic E-state index is 0.0310. The van der Waals surface area contributed by atoms with E-state index in [2.05, 4.69) is 9.97 Å². The molecule has 0 bridgehead atoms.